The lowest BCUT2D eigenvalue weighted by molar-refractivity contribution is 0.148. The predicted octanol–water partition coefficient (Wildman–Crippen LogP) is 2.59. The fourth-order valence-corrected chi connectivity index (χ4v) is 3.01. The molecule has 1 aliphatic rings. The van der Waals surface area contributed by atoms with E-state index in [1.807, 2.05) is 30.0 Å². The lowest BCUT2D eigenvalue weighted by Gasteiger charge is -2.34. The van der Waals surface area contributed by atoms with E-state index in [0.717, 1.165) is 43.9 Å². The molecule has 1 unspecified atom stereocenters. The Morgan fingerprint density at radius 2 is 2.17 bits per heavy atom. The van der Waals surface area contributed by atoms with Crippen molar-refractivity contribution in [1.82, 2.24) is 25.4 Å². The average molecular weight is 313 g/mol. The van der Waals surface area contributed by atoms with Crippen LogP contribution in [0, 0.1) is 6.92 Å². The van der Waals surface area contributed by atoms with Crippen molar-refractivity contribution in [2.45, 2.75) is 38.6 Å². The van der Waals surface area contributed by atoms with E-state index in [9.17, 15) is 4.79 Å². The predicted molar refractivity (Wildman–Crippen MR) is 88.0 cm³/mol. The molecule has 6 nitrogen and oxygen atoms in total. The highest BCUT2D eigenvalue weighted by atomic mass is 16.2. The smallest absolute Gasteiger partial charge is 0.318 e. The molecular weight excluding hydrogens is 290 g/mol. The number of likely N-dealkylation sites (tertiary alicyclic amines) is 1. The van der Waals surface area contributed by atoms with Gasteiger partial charge in [0.1, 0.15) is 5.82 Å². The van der Waals surface area contributed by atoms with E-state index in [1.165, 1.54) is 5.56 Å². The van der Waals surface area contributed by atoms with Crippen molar-refractivity contribution in [1.29, 1.82) is 0 Å². The summed E-state index contributed by atoms with van der Waals surface area (Å²) in [6.07, 6.45) is 3.90. The summed E-state index contributed by atoms with van der Waals surface area (Å²) < 4.78 is 0. The zero-order valence-electron chi connectivity index (χ0n) is 13.5. The first kappa shape index (κ1) is 15.5. The highest BCUT2D eigenvalue weighted by Crippen LogP contribution is 2.28. The molecule has 0 aliphatic carbocycles. The molecule has 0 saturated carbocycles. The third kappa shape index (κ3) is 3.88. The number of aryl methyl sites for hydroxylation is 1. The van der Waals surface area contributed by atoms with E-state index >= 15 is 0 Å². The number of carbonyl (C=O) groups is 1. The first-order valence-electron chi connectivity index (χ1n) is 8.21. The number of nitrogens with one attached hydrogen (secondary N) is 2. The Bertz CT molecular complexity index is 639. The van der Waals surface area contributed by atoms with Gasteiger partial charge in [0.2, 0.25) is 0 Å². The van der Waals surface area contributed by atoms with Gasteiger partial charge in [-0.2, -0.15) is 5.10 Å². The van der Waals surface area contributed by atoms with Crippen LogP contribution in [0.3, 0.4) is 0 Å². The third-order valence-corrected chi connectivity index (χ3v) is 4.21. The molecule has 1 saturated heterocycles. The van der Waals surface area contributed by atoms with Crippen LogP contribution < -0.4 is 5.32 Å². The van der Waals surface area contributed by atoms with Crippen molar-refractivity contribution in [3.8, 4) is 0 Å². The SMILES string of the molecule is Cc1nc(C2CCCCN2C(=O)NCCc2ccccc2)n[nH]1. The molecule has 23 heavy (non-hydrogen) atoms. The van der Waals surface area contributed by atoms with Crippen LogP contribution in [0.1, 0.15) is 42.5 Å². The number of urea groups is 1. The van der Waals surface area contributed by atoms with E-state index in [4.69, 9.17) is 0 Å². The monoisotopic (exact) mass is 313 g/mol. The maximum atomic E-state index is 12.5. The molecule has 0 spiro atoms. The van der Waals surface area contributed by atoms with Gasteiger partial charge in [-0.3, -0.25) is 5.10 Å². The van der Waals surface area contributed by atoms with Crippen molar-refractivity contribution in [2.24, 2.45) is 0 Å². The van der Waals surface area contributed by atoms with Gasteiger partial charge in [0.15, 0.2) is 5.82 Å². The fraction of sp³-hybridized carbons (Fsp3) is 0.471. The Balaban J connectivity index is 1.58. The quantitative estimate of drug-likeness (QED) is 0.911. The van der Waals surface area contributed by atoms with Crippen LogP contribution in [0.5, 0.6) is 0 Å². The van der Waals surface area contributed by atoms with Gasteiger partial charge in [0.05, 0.1) is 6.04 Å². The number of aromatic nitrogens is 3. The molecule has 0 radical (unpaired) electrons. The van der Waals surface area contributed by atoms with Crippen LogP contribution in [0.15, 0.2) is 30.3 Å². The molecular formula is C17H23N5O. The summed E-state index contributed by atoms with van der Waals surface area (Å²) in [5.74, 6) is 1.51. The normalized spacial score (nSPS) is 18.0. The number of carbonyl (C=O) groups excluding carboxylic acids is 1. The Morgan fingerprint density at radius 3 is 2.91 bits per heavy atom. The van der Waals surface area contributed by atoms with E-state index in [0.29, 0.717) is 6.54 Å². The Labute approximate surface area is 136 Å². The summed E-state index contributed by atoms with van der Waals surface area (Å²) in [5, 5.41) is 10.1. The topological polar surface area (TPSA) is 73.9 Å². The Kier molecular flexibility index (Phi) is 4.90. The minimum atomic E-state index is -0.0228. The highest BCUT2D eigenvalue weighted by Gasteiger charge is 2.30. The molecule has 2 amide bonds. The summed E-state index contributed by atoms with van der Waals surface area (Å²) in [6.45, 7) is 3.28. The lowest BCUT2D eigenvalue weighted by atomic mass is 10.0. The standard InChI is InChI=1S/C17H23N5O/c1-13-19-16(21-20-13)15-9-5-6-12-22(15)17(23)18-11-10-14-7-3-2-4-8-14/h2-4,7-8,15H,5-6,9-12H2,1H3,(H,18,23)(H,19,20,21). The van der Waals surface area contributed by atoms with Crippen LogP contribution >= 0.6 is 0 Å². The molecule has 122 valence electrons. The summed E-state index contributed by atoms with van der Waals surface area (Å²) in [5.41, 5.74) is 1.23. The molecule has 1 aliphatic heterocycles. The summed E-state index contributed by atoms with van der Waals surface area (Å²) in [7, 11) is 0. The number of aromatic amines is 1. The largest absolute Gasteiger partial charge is 0.338 e. The minimum Gasteiger partial charge on any atom is -0.338 e. The molecule has 2 heterocycles. The second-order valence-electron chi connectivity index (χ2n) is 5.95. The lowest BCUT2D eigenvalue weighted by Crippen LogP contribution is -2.45. The molecule has 2 aromatic rings. The molecule has 0 bridgehead atoms. The van der Waals surface area contributed by atoms with Gasteiger partial charge in [-0.25, -0.2) is 9.78 Å². The summed E-state index contributed by atoms with van der Waals surface area (Å²) in [6, 6.07) is 10.1. The van der Waals surface area contributed by atoms with Crippen molar-refractivity contribution in [3.05, 3.63) is 47.5 Å². The van der Waals surface area contributed by atoms with Crippen LogP contribution in [0.4, 0.5) is 4.79 Å². The van der Waals surface area contributed by atoms with Crippen LogP contribution in [-0.4, -0.2) is 39.2 Å². The summed E-state index contributed by atoms with van der Waals surface area (Å²) in [4.78, 5) is 18.8. The zero-order chi connectivity index (χ0) is 16.1. The molecule has 3 rings (SSSR count). The maximum absolute atomic E-state index is 12.5. The number of hydrogen-bond acceptors (Lipinski definition) is 3. The first-order valence-corrected chi connectivity index (χ1v) is 8.21. The molecule has 1 atom stereocenters. The van der Waals surface area contributed by atoms with Gasteiger partial charge >= 0.3 is 6.03 Å². The van der Waals surface area contributed by atoms with Crippen LogP contribution in [0.2, 0.25) is 0 Å². The van der Waals surface area contributed by atoms with Gasteiger partial charge in [0.25, 0.3) is 0 Å². The van der Waals surface area contributed by atoms with E-state index in [1.54, 1.807) is 0 Å². The molecule has 1 aromatic heterocycles. The number of piperidine rings is 1. The highest BCUT2D eigenvalue weighted by molar-refractivity contribution is 5.74. The van der Waals surface area contributed by atoms with Crippen LogP contribution in [-0.2, 0) is 6.42 Å². The van der Waals surface area contributed by atoms with E-state index in [-0.39, 0.29) is 12.1 Å². The Hall–Kier alpha value is -2.37. The van der Waals surface area contributed by atoms with E-state index in [2.05, 4.69) is 32.6 Å². The number of amides is 2. The fourth-order valence-electron chi connectivity index (χ4n) is 3.01. The first-order chi connectivity index (χ1) is 11.2. The van der Waals surface area contributed by atoms with Gasteiger partial charge in [-0.1, -0.05) is 30.3 Å². The van der Waals surface area contributed by atoms with E-state index < -0.39 is 0 Å². The van der Waals surface area contributed by atoms with Gasteiger partial charge in [0, 0.05) is 13.1 Å². The van der Waals surface area contributed by atoms with Crippen molar-refractivity contribution in [2.75, 3.05) is 13.1 Å². The number of benzene rings is 1. The van der Waals surface area contributed by atoms with Gasteiger partial charge in [-0.05, 0) is 38.2 Å². The molecule has 1 fully saturated rings. The van der Waals surface area contributed by atoms with Crippen molar-refractivity contribution < 1.29 is 4.79 Å². The van der Waals surface area contributed by atoms with Crippen molar-refractivity contribution in [3.63, 3.8) is 0 Å². The Morgan fingerprint density at radius 1 is 1.35 bits per heavy atom. The number of rotatable bonds is 4. The minimum absolute atomic E-state index is 0.0203. The summed E-state index contributed by atoms with van der Waals surface area (Å²) >= 11 is 0. The molecule has 1 aromatic carbocycles. The van der Waals surface area contributed by atoms with Crippen molar-refractivity contribution >= 4 is 6.03 Å². The number of H-pyrrole nitrogens is 1. The van der Waals surface area contributed by atoms with Gasteiger partial charge < -0.3 is 10.2 Å². The molecule has 2 N–H and O–H groups in total. The second-order valence-corrected chi connectivity index (χ2v) is 5.95. The molecule has 6 heteroatoms. The second kappa shape index (κ2) is 7.26. The van der Waals surface area contributed by atoms with Gasteiger partial charge in [-0.15, -0.1) is 0 Å². The maximum Gasteiger partial charge on any atom is 0.318 e. The zero-order valence-corrected chi connectivity index (χ0v) is 13.5. The third-order valence-electron chi connectivity index (χ3n) is 4.21. The average Bonchev–Trinajstić information content (AvgIpc) is 3.02. The van der Waals surface area contributed by atoms with Crippen LogP contribution in [0.25, 0.3) is 0 Å². The number of nitrogens with zero attached hydrogens (tertiary/aromatic N) is 3. The number of hydrogen-bond donors (Lipinski definition) is 2.